The Morgan fingerprint density at radius 3 is 3.11 bits per heavy atom. The maximum Gasteiger partial charge on any atom is 0.224 e. The molecule has 18 heavy (non-hydrogen) atoms. The van der Waals surface area contributed by atoms with Crippen LogP contribution < -0.4 is 10.1 Å². The Morgan fingerprint density at radius 1 is 1.39 bits per heavy atom. The van der Waals surface area contributed by atoms with Gasteiger partial charge in [-0.1, -0.05) is 18.2 Å². The van der Waals surface area contributed by atoms with Gasteiger partial charge in [-0.05, 0) is 17.7 Å². The van der Waals surface area contributed by atoms with E-state index in [-0.39, 0.29) is 17.1 Å². The molecule has 2 heterocycles. The number of benzene rings is 1. The quantitative estimate of drug-likeness (QED) is 0.848. The van der Waals surface area contributed by atoms with E-state index in [1.54, 1.807) is 0 Å². The molecule has 0 amide bonds. The molecule has 0 bridgehead atoms. The summed E-state index contributed by atoms with van der Waals surface area (Å²) in [5.74, 6) is 0.347. The van der Waals surface area contributed by atoms with E-state index in [9.17, 15) is 4.39 Å². The van der Waals surface area contributed by atoms with Crippen LogP contribution in [0, 0.1) is 5.82 Å². The molecule has 3 rings (SSSR count). The van der Waals surface area contributed by atoms with Gasteiger partial charge in [0.05, 0.1) is 12.2 Å². The first-order valence-electron chi connectivity index (χ1n) is 5.40. The summed E-state index contributed by atoms with van der Waals surface area (Å²) in [5.41, 5.74) is 0.978. The van der Waals surface area contributed by atoms with Crippen LogP contribution in [0.3, 0.4) is 0 Å². The summed E-state index contributed by atoms with van der Waals surface area (Å²) in [4.78, 5) is 7.39. The van der Waals surface area contributed by atoms with Crippen LogP contribution in [0.4, 0.5) is 10.2 Å². The van der Waals surface area contributed by atoms with Crippen LogP contribution in [0.1, 0.15) is 11.6 Å². The first-order chi connectivity index (χ1) is 8.74. The lowest BCUT2D eigenvalue weighted by atomic mass is 10.1. The van der Waals surface area contributed by atoms with Crippen LogP contribution in [0.5, 0.6) is 5.75 Å². The lowest BCUT2D eigenvalue weighted by Gasteiger charge is -2.12. The number of rotatable bonds is 2. The molecule has 0 saturated heterocycles. The molecule has 1 atom stereocenters. The molecule has 2 aromatic rings. The molecule has 0 radical (unpaired) electrons. The molecular weight excluding hydrogens is 257 g/mol. The lowest BCUT2D eigenvalue weighted by molar-refractivity contribution is 0.339. The first kappa shape index (κ1) is 11.2. The van der Waals surface area contributed by atoms with Crippen molar-refractivity contribution in [3.63, 3.8) is 0 Å². The molecular formula is C12H9ClFN3O. The van der Waals surface area contributed by atoms with Crippen LogP contribution in [0.2, 0.25) is 5.28 Å². The summed E-state index contributed by atoms with van der Waals surface area (Å²) in [5, 5.41) is 2.98. The van der Waals surface area contributed by atoms with Crippen molar-refractivity contribution < 1.29 is 9.13 Å². The normalized spacial score (nSPS) is 17.1. The first-order valence-corrected chi connectivity index (χ1v) is 5.78. The third-order valence-electron chi connectivity index (χ3n) is 2.73. The molecule has 0 saturated carbocycles. The molecule has 1 aromatic heterocycles. The van der Waals surface area contributed by atoms with Gasteiger partial charge in [0.15, 0.2) is 11.6 Å². The van der Waals surface area contributed by atoms with E-state index in [0.29, 0.717) is 6.61 Å². The SMILES string of the molecule is Fc1cnc(Cl)nc1NC1COc2ccccc21. The van der Waals surface area contributed by atoms with E-state index in [4.69, 9.17) is 16.3 Å². The minimum atomic E-state index is -0.538. The van der Waals surface area contributed by atoms with Crippen LogP contribution in [0.15, 0.2) is 30.5 Å². The van der Waals surface area contributed by atoms with E-state index in [2.05, 4.69) is 15.3 Å². The second kappa shape index (κ2) is 4.42. The highest BCUT2D eigenvalue weighted by molar-refractivity contribution is 6.28. The average molecular weight is 266 g/mol. The number of anilines is 1. The molecule has 6 heteroatoms. The number of nitrogens with one attached hydrogen (secondary N) is 1. The molecule has 1 aliphatic heterocycles. The van der Waals surface area contributed by atoms with Crippen LogP contribution in [-0.4, -0.2) is 16.6 Å². The zero-order valence-corrected chi connectivity index (χ0v) is 9.99. The van der Waals surface area contributed by atoms with Crippen molar-refractivity contribution in [1.82, 2.24) is 9.97 Å². The lowest BCUT2D eigenvalue weighted by Crippen LogP contribution is -2.14. The predicted molar refractivity (Wildman–Crippen MR) is 65.3 cm³/mol. The molecule has 1 aliphatic rings. The topological polar surface area (TPSA) is 47.0 Å². The van der Waals surface area contributed by atoms with E-state index in [0.717, 1.165) is 17.5 Å². The number of aromatic nitrogens is 2. The molecule has 0 aliphatic carbocycles. The molecule has 92 valence electrons. The van der Waals surface area contributed by atoms with Gasteiger partial charge in [-0.15, -0.1) is 0 Å². The highest BCUT2D eigenvalue weighted by Crippen LogP contribution is 2.34. The van der Waals surface area contributed by atoms with Crippen molar-refractivity contribution in [3.05, 3.63) is 47.1 Å². The second-order valence-corrected chi connectivity index (χ2v) is 4.22. The number of fused-ring (bicyclic) bond motifs is 1. The van der Waals surface area contributed by atoms with Gasteiger partial charge >= 0.3 is 0 Å². The Labute approximate surface area is 108 Å². The van der Waals surface area contributed by atoms with E-state index >= 15 is 0 Å². The van der Waals surface area contributed by atoms with Crippen molar-refractivity contribution in [2.75, 3.05) is 11.9 Å². The van der Waals surface area contributed by atoms with Crippen molar-refractivity contribution in [1.29, 1.82) is 0 Å². The largest absolute Gasteiger partial charge is 0.491 e. The number of halogens is 2. The standard InChI is InChI=1S/C12H9ClFN3O/c13-12-15-5-8(14)11(17-12)16-9-6-18-10-4-2-1-3-7(9)10/h1-5,9H,6H2,(H,15,16,17). The summed E-state index contributed by atoms with van der Waals surface area (Å²) < 4.78 is 19.0. The van der Waals surface area contributed by atoms with Gasteiger partial charge < -0.3 is 10.1 Å². The third-order valence-corrected chi connectivity index (χ3v) is 2.91. The predicted octanol–water partition coefficient (Wildman–Crippen LogP) is 2.81. The molecule has 1 N–H and O–H groups in total. The molecule has 1 aromatic carbocycles. The molecule has 4 nitrogen and oxygen atoms in total. The smallest absolute Gasteiger partial charge is 0.224 e. The summed E-state index contributed by atoms with van der Waals surface area (Å²) in [6.45, 7) is 0.431. The Bertz CT molecular complexity index is 593. The van der Waals surface area contributed by atoms with Crippen LogP contribution in [0.25, 0.3) is 0 Å². The monoisotopic (exact) mass is 265 g/mol. The van der Waals surface area contributed by atoms with Crippen molar-refractivity contribution in [3.8, 4) is 5.75 Å². The fourth-order valence-electron chi connectivity index (χ4n) is 1.89. The maximum atomic E-state index is 13.5. The third kappa shape index (κ3) is 1.97. The maximum absolute atomic E-state index is 13.5. The number of para-hydroxylation sites is 1. The zero-order valence-electron chi connectivity index (χ0n) is 9.23. The minimum Gasteiger partial charge on any atom is -0.491 e. The fraction of sp³-hybridized carbons (Fsp3) is 0.167. The molecule has 1 unspecified atom stereocenters. The summed E-state index contributed by atoms with van der Waals surface area (Å²) in [7, 11) is 0. The minimum absolute atomic E-state index is 0.00565. The van der Waals surface area contributed by atoms with Crippen molar-refractivity contribution in [2.24, 2.45) is 0 Å². The molecule has 0 fully saturated rings. The number of ether oxygens (including phenoxy) is 1. The van der Waals surface area contributed by atoms with Gasteiger partial charge in [0, 0.05) is 5.56 Å². The average Bonchev–Trinajstić information content (AvgIpc) is 2.78. The molecule has 0 spiro atoms. The number of hydrogen-bond acceptors (Lipinski definition) is 4. The van der Waals surface area contributed by atoms with Gasteiger partial charge in [-0.3, -0.25) is 0 Å². The summed E-state index contributed by atoms with van der Waals surface area (Å²) in [6.07, 6.45) is 1.04. The van der Waals surface area contributed by atoms with Gasteiger partial charge in [0.2, 0.25) is 5.28 Å². The second-order valence-electron chi connectivity index (χ2n) is 3.88. The number of nitrogens with zero attached hydrogens (tertiary/aromatic N) is 2. The Kier molecular flexibility index (Phi) is 2.76. The van der Waals surface area contributed by atoms with Gasteiger partial charge in [-0.2, -0.15) is 4.98 Å². The van der Waals surface area contributed by atoms with Gasteiger partial charge in [0.1, 0.15) is 12.4 Å². The summed E-state index contributed by atoms with van der Waals surface area (Å²) in [6, 6.07) is 7.47. The highest BCUT2D eigenvalue weighted by Gasteiger charge is 2.24. The highest BCUT2D eigenvalue weighted by atomic mass is 35.5. The van der Waals surface area contributed by atoms with Crippen LogP contribution in [-0.2, 0) is 0 Å². The van der Waals surface area contributed by atoms with E-state index < -0.39 is 5.82 Å². The fourth-order valence-corrected chi connectivity index (χ4v) is 2.03. The van der Waals surface area contributed by atoms with Crippen molar-refractivity contribution in [2.45, 2.75) is 6.04 Å². The van der Waals surface area contributed by atoms with Crippen molar-refractivity contribution >= 4 is 17.4 Å². The Balaban J connectivity index is 1.88. The number of hydrogen-bond donors (Lipinski definition) is 1. The summed E-state index contributed by atoms with van der Waals surface area (Å²) >= 11 is 5.64. The van der Waals surface area contributed by atoms with Gasteiger partial charge in [0.25, 0.3) is 0 Å². The van der Waals surface area contributed by atoms with E-state index in [1.165, 1.54) is 0 Å². The van der Waals surface area contributed by atoms with E-state index in [1.807, 2.05) is 24.3 Å². The van der Waals surface area contributed by atoms with Gasteiger partial charge in [-0.25, -0.2) is 9.37 Å². The Morgan fingerprint density at radius 2 is 2.22 bits per heavy atom. The van der Waals surface area contributed by atoms with Crippen LogP contribution >= 0.6 is 11.6 Å². The Hall–Kier alpha value is -1.88. The zero-order chi connectivity index (χ0) is 12.5.